The first-order valence-corrected chi connectivity index (χ1v) is 8.45. The van der Waals surface area contributed by atoms with Gasteiger partial charge < -0.3 is 16.4 Å². The highest BCUT2D eigenvalue weighted by atomic mass is 35.5. The summed E-state index contributed by atoms with van der Waals surface area (Å²) in [6, 6.07) is 2.79. The average Bonchev–Trinajstić information content (AvgIpc) is 2.54. The summed E-state index contributed by atoms with van der Waals surface area (Å²) >= 11 is 6.76. The Labute approximate surface area is 144 Å². The van der Waals surface area contributed by atoms with Gasteiger partial charge in [-0.3, -0.25) is 4.98 Å². The molecule has 1 aromatic rings. The number of thioether (sulfide) groups is 1. The third-order valence-electron chi connectivity index (χ3n) is 2.26. The quantitative estimate of drug-likeness (QED) is 0.540. The van der Waals surface area contributed by atoms with Crippen molar-refractivity contribution in [1.82, 2.24) is 15.6 Å². The number of nitrogens with two attached hydrogens (primary N) is 1. The molecule has 0 saturated carbocycles. The van der Waals surface area contributed by atoms with E-state index in [0.29, 0.717) is 5.03 Å². The fourth-order valence-corrected chi connectivity index (χ4v) is 2.60. The Bertz CT molecular complexity index is 497. The van der Waals surface area contributed by atoms with E-state index in [1.54, 1.807) is 0 Å². The number of pyridine rings is 1. The molecule has 4 nitrogen and oxygen atoms in total. The van der Waals surface area contributed by atoms with Crippen LogP contribution in [0.3, 0.4) is 0 Å². The Hall–Kier alpha value is -1.12. The van der Waals surface area contributed by atoms with E-state index in [2.05, 4.69) is 15.6 Å². The van der Waals surface area contributed by atoms with Crippen molar-refractivity contribution in [2.75, 3.05) is 0 Å². The SMILES string of the molecule is CC.CC.NC1NC=C(Sc2cccnc2C(F)(F)F)NC1Cl. The van der Waals surface area contributed by atoms with Crippen LogP contribution in [0.4, 0.5) is 13.2 Å². The van der Waals surface area contributed by atoms with Crippen LogP contribution in [-0.4, -0.2) is 16.7 Å². The van der Waals surface area contributed by atoms with E-state index >= 15 is 0 Å². The summed E-state index contributed by atoms with van der Waals surface area (Å²) in [6.07, 6.45) is -2.40. The van der Waals surface area contributed by atoms with E-state index in [9.17, 15) is 13.2 Å². The number of aromatic nitrogens is 1. The molecule has 0 fully saturated rings. The molecule has 0 bridgehead atoms. The van der Waals surface area contributed by atoms with Gasteiger partial charge in [0.05, 0.1) is 5.03 Å². The van der Waals surface area contributed by atoms with Crippen molar-refractivity contribution in [3.05, 3.63) is 35.3 Å². The Morgan fingerprint density at radius 2 is 1.87 bits per heavy atom. The van der Waals surface area contributed by atoms with E-state index in [4.69, 9.17) is 17.3 Å². The minimum atomic E-state index is -4.50. The predicted octanol–water partition coefficient (Wildman–Crippen LogP) is 4.09. The molecule has 4 N–H and O–H groups in total. The summed E-state index contributed by atoms with van der Waals surface area (Å²) in [7, 11) is 0. The van der Waals surface area contributed by atoms with Gasteiger partial charge >= 0.3 is 6.18 Å². The Morgan fingerprint density at radius 3 is 2.39 bits per heavy atom. The Kier molecular flexibility index (Phi) is 10.1. The summed E-state index contributed by atoms with van der Waals surface area (Å²) in [5.41, 5.74) is 4.06. The van der Waals surface area contributed by atoms with E-state index in [-0.39, 0.29) is 4.90 Å². The summed E-state index contributed by atoms with van der Waals surface area (Å²) in [5.74, 6) is 0. The number of hydrogen-bond acceptors (Lipinski definition) is 5. The molecule has 23 heavy (non-hydrogen) atoms. The molecule has 1 aliphatic rings. The number of rotatable bonds is 2. The van der Waals surface area contributed by atoms with Gasteiger partial charge in [0.1, 0.15) is 11.7 Å². The number of halogens is 4. The minimum absolute atomic E-state index is 0.00473. The van der Waals surface area contributed by atoms with Gasteiger partial charge in [-0.25, -0.2) is 0 Å². The first-order chi connectivity index (χ1) is 10.9. The maximum Gasteiger partial charge on any atom is 0.434 e. The van der Waals surface area contributed by atoms with Crippen molar-refractivity contribution in [1.29, 1.82) is 0 Å². The zero-order valence-corrected chi connectivity index (χ0v) is 15.0. The van der Waals surface area contributed by atoms with Crippen molar-refractivity contribution in [3.8, 4) is 0 Å². The van der Waals surface area contributed by atoms with Crippen LogP contribution in [0, 0.1) is 0 Å². The number of nitrogens with zero attached hydrogens (tertiary/aromatic N) is 1. The first kappa shape index (κ1) is 21.9. The fourth-order valence-electron chi connectivity index (χ4n) is 1.39. The highest BCUT2D eigenvalue weighted by Gasteiger charge is 2.35. The number of alkyl halides is 4. The van der Waals surface area contributed by atoms with Crippen LogP contribution in [0.5, 0.6) is 0 Å². The average molecular weight is 371 g/mol. The highest BCUT2D eigenvalue weighted by Crippen LogP contribution is 2.37. The maximum atomic E-state index is 12.8. The zero-order chi connectivity index (χ0) is 18.0. The first-order valence-electron chi connectivity index (χ1n) is 7.20. The third kappa shape index (κ3) is 6.88. The van der Waals surface area contributed by atoms with Crippen LogP contribution in [0.2, 0.25) is 0 Å². The summed E-state index contributed by atoms with van der Waals surface area (Å²) < 4.78 is 38.3. The summed E-state index contributed by atoms with van der Waals surface area (Å²) in [6.45, 7) is 8.00. The zero-order valence-electron chi connectivity index (χ0n) is 13.4. The number of nitrogens with one attached hydrogen (secondary N) is 2. The van der Waals surface area contributed by atoms with Crippen LogP contribution in [0.25, 0.3) is 0 Å². The van der Waals surface area contributed by atoms with Gasteiger partial charge in [-0.15, -0.1) is 0 Å². The normalized spacial score (nSPS) is 19.8. The minimum Gasteiger partial charge on any atom is -0.371 e. The smallest absolute Gasteiger partial charge is 0.371 e. The van der Waals surface area contributed by atoms with E-state index in [1.807, 2.05) is 27.7 Å². The summed E-state index contributed by atoms with van der Waals surface area (Å²) in [5, 5.41) is 6.00. The molecule has 2 atom stereocenters. The van der Waals surface area contributed by atoms with Gasteiger partial charge in [-0.05, 0) is 12.1 Å². The molecule has 0 saturated heterocycles. The second-order valence-corrected chi connectivity index (χ2v) is 5.25. The molecule has 2 rings (SSSR count). The fraction of sp³-hybridized carbons (Fsp3) is 0.500. The predicted molar refractivity (Wildman–Crippen MR) is 89.8 cm³/mol. The van der Waals surface area contributed by atoms with Crippen LogP contribution >= 0.6 is 23.4 Å². The van der Waals surface area contributed by atoms with E-state index in [0.717, 1.165) is 18.0 Å². The van der Waals surface area contributed by atoms with Crippen molar-refractivity contribution in [2.45, 2.75) is 50.4 Å². The van der Waals surface area contributed by atoms with Crippen LogP contribution in [0.1, 0.15) is 33.4 Å². The van der Waals surface area contributed by atoms with Crippen molar-refractivity contribution >= 4 is 23.4 Å². The van der Waals surface area contributed by atoms with Crippen molar-refractivity contribution < 1.29 is 13.2 Å². The van der Waals surface area contributed by atoms with Crippen LogP contribution < -0.4 is 16.4 Å². The van der Waals surface area contributed by atoms with Gasteiger partial charge in [-0.1, -0.05) is 51.1 Å². The largest absolute Gasteiger partial charge is 0.434 e. The number of hydrogen-bond donors (Lipinski definition) is 3. The molecular weight excluding hydrogens is 349 g/mol. The van der Waals surface area contributed by atoms with E-state index in [1.165, 1.54) is 18.3 Å². The van der Waals surface area contributed by atoms with Crippen molar-refractivity contribution in [2.24, 2.45) is 5.73 Å². The lowest BCUT2D eigenvalue weighted by molar-refractivity contribution is -0.143. The van der Waals surface area contributed by atoms with E-state index < -0.39 is 23.5 Å². The van der Waals surface area contributed by atoms with Gasteiger partial charge in [-0.2, -0.15) is 13.2 Å². The summed E-state index contributed by atoms with van der Waals surface area (Å²) in [4.78, 5) is 3.37. The van der Waals surface area contributed by atoms with Crippen molar-refractivity contribution in [3.63, 3.8) is 0 Å². The molecule has 0 aromatic carbocycles. The molecular formula is C14H22ClF3N4S. The molecule has 0 amide bonds. The molecule has 9 heteroatoms. The molecule has 132 valence electrons. The molecule has 2 heterocycles. The highest BCUT2D eigenvalue weighted by molar-refractivity contribution is 8.03. The second-order valence-electron chi connectivity index (χ2n) is 3.70. The third-order valence-corrected chi connectivity index (χ3v) is 3.65. The van der Waals surface area contributed by atoms with Crippen LogP contribution in [0.15, 0.2) is 34.5 Å². The molecule has 0 aliphatic carbocycles. The molecule has 1 aromatic heterocycles. The van der Waals surface area contributed by atoms with Gasteiger partial charge in [0.25, 0.3) is 0 Å². The second kappa shape index (κ2) is 10.6. The monoisotopic (exact) mass is 370 g/mol. The Morgan fingerprint density at radius 1 is 1.26 bits per heavy atom. The lowest BCUT2D eigenvalue weighted by Gasteiger charge is -2.27. The molecule has 1 aliphatic heterocycles. The molecule has 0 spiro atoms. The van der Waals surface area contributed by atoms with Gasteiger partial charge in [0.2, 0.25) is 0 Å². The lowest BCUT2D eigenvalue weighted by atomic mass is 10.3. The lowest BCUT2D eigenvalue weighted by Crippen LogP contribution is -2.51. The molecule has 0 radical (unpaired) electrons. The topological polar surface area (TPSA) is 63.0 Å². The van der Waals surface area contributed by atoms with Gasteiger partial charge in [0.15, 0.2) is 5.69 Å². The molecule has 2 unspecified atom stereocenters. The Balaban J connectivity index is 0.00000112. The maximum absolute atomic E-state index is 12.8. The van der Waals surface area contributed by atoms with Crippen LogP contribution in [-0.2, 0) is 6.18 Å². The standard InChI is InChI=1S/C10H10ClF3N4S.2C2H6/c11-8-9(15)17-4-6(18-8)19-5-2-1-3-16-7(5)10(12,13)14;2*1-2/h1-4,8-9,17-18H,15H2;2*1-2H3. The van der Waals surface area contributed by atoms with Gasteiger partial charge in [0, 0.05) is 17.3 Å².